The van der Waals surface area contributed by atoms with E-state index in [0.717, 1.165) is 43.4 Å². The lowest BCUT2D eigenvalue weighted by Crippen LogP contribution is -2.49. The monoisotopic (exact) mass is 423 g/mol. The van der Waals surface area contributed by atoms with Crippen molar-refractivity contribution in [3.05, 3.63) is 60.4 Å². The summed E-state index contributed by atoms with van der Waals surface area (Å²) in [5.41, 5.74) is 2.08. The van der Waals surface area contributed by atoms with Crippen LogP contribution in [-0.2, 0) is 4.79 Å². The van der Waals surface area contributed by atoms with E-state index in [1.165, 1.54) is 17.4 Å². The highest BCUT2D eigenvalue weighted by Crippen LogP contribution is 2.28. The Bertz CT molecular complexity index is 1000. The molecule has 1 aromatic heterocycles. The molecule has 0 bridgehead atoms. The molecule has 30 heavy (non-hydrogen) atoms. The zero-order valence-corrected chi connectivity index (χ0v) is 18.0. The molecule has 0 aliphatic carbocycles. The van der Waals surface area contributed by atoms with E-state index in [9.17, 15) is 4.79 Å². The maximum Gasteiger partial charge on any atom is 0.233 e. The quantitative estimate of drug-likeness (QED) is 0.568. The summed E-state index contributed by atoms with van der Waals surface area (Å²) in [5.74, 6) is 1.95. The van der Waals surface area contributed by atoms with Crippen LogP contribution in [-0.4, -0.2) is 64.6 Å². The zero-order valence-electron chi connectivity index (χ0n) is 17.2. The Hall–Kier alpha value is -3.00. The van der Waals surface area contributed by atoms with Gasteiger partial charge in [0.25, 0.3) is 0 Å². The zero-order chi connectivity index (χ0) is 20.9. The molecule has 0 radical (unpaired) electrons. The van der Waals surface area contributed by atoms with Crippen molar-refractivity contribution in [3.63, 3.8) is 0 Å². The van der Waals surface area contributed by atoms with Crippen molar-refractivity contribution in [2.24, 2.45) is 0 Å². The number of ether oxygens (including phenoxy) is 1. The normalized spacial score (nSPS) is 14.1. The van der Waals surface area contributed by atoms with Gasteiger partial charge in [-0.15, -0.1) is 10.2 Å². The lowest BCUT2D eigenvalue weighted by molar-refractivity contribution is -0.128. The van der Waals surface area contributed by atoms with Crippen molar-refractivity contribution in [3.8, 4) is 11.4 Å². The molecule has 8 heteroatoms. The van der Waals surface area contributed by atoms with Crippen molar-refractivity contribution in [1.82, 2.24) is 19.7 Å². The summed E-state index contributed by atoms with van der Waals surface area (Å²) in [6.07, 6.45) is 0. The highest BCUT2D eigenvalue weighted by Gasteiger charge is 2.23. The number of carbonyl (C=O) groups is 1. The van der Waals surface area contributed by atoms with E-state index in [2.05, 4.69) is 27.2 Å². The van der Waals surface area contributed by atoms with Crippen LogP contribution in [0.5, 0.6) is 5.75 Å². The summed E-state index contributed by atoms with van der Waals surface area (Å²) in [6.45, 7) is 5.04. The molecule has 0 N–H and O–H groups in total. The van der Waals surface area contributed by atoms with E-state index in [0.29, 0.717) is 10.9 Å². The molecule has 0 spiro atoms. The third-order valence-corrected chi connectivity index (χ3v) is 6.11. The predicted octanol–water partition coefficient (Wildman–Crippen LogP) is 3.03. The summed E-state index contributed by atoms with van der Waals surface area (Å²) in [6, 6.07) is 18.1. The van der Waals surface area contributed by atoms with Crippen LogP contribution in [0.15, 0.2) is 59.8 Å². The number of para-hydroxylation sites is 3. The molecule has 156 valence electrons. The number of thioether (sulfide) groups is 1. The van der Waals surface area contributed by atoms with Crippen LogP contribution >= 0.6 is 11.8 Å². The molecule has 1 amide bonds. The number of amides is 1. The first kappa shape index (κ1) is 20.3. The van der Waals surface area contributed by atoms with Gasteiger partial charge in [-0.05, 0) is 31.2 Å². The Morgan fingerprint density at radius 3 is 2.43 bits per heavy atom. The fourth-order valence-corrected chi connectivity index (χ4v) is 4.49. The summed E-state index contributed by atoms with van der Waals surface area (Å²) < 4.78 is 7.42. The molecule has 0 unspecified atom stereocenters. The molecule has 2 heterocycles. The second-order valence-electron chi connectivity index (χ2n) is 7.03. The molecule has 3 aromatic rings. The van der Waals surface area contributed by atoms with Gasteiger partial charge in [0.2, 0.25) is 5.91 Å². The van der Waals surface area contributed by atoms with Crippen LogP contribution in [0.25, 0.3) is 5.69 Å². The molecule has 0 saturated carbocycles. The molecule has 2 aromatic carbocycles. The first-order valence-corrected chi connectivity index (χ1v) is 10.9. The molecular formula is C22H25N5O2S. The number of anilines is 1. The van der Waals surface area contributed by atoms with Crippen LogP contribution in [0.1, 0.15) is 5.82 Å². The third kappa shape index (κ3) is 4.28. The van der Waals surface area contributed by atoms with Gasteiger partial charge in [-0.2, -0.15) is 0 Å². The van der Waals surface area contributed by atoms with Crippen LogP contribution < -0.4 is 9.64 Å². The van der Waals surface area contributed by atoms with Gasteiger partial charge in [0.15, 0.2) is 5.16 Å². The molecular weight excluding hydrogens is 398 g/mol. The van der Waals surface area contributed by atoms with E-state index in [1.54, 1.807) is 7.11 Å². The first-order chi connectivity index (χ1) is 14.7. The number of rotatable bonds is 6. The molecule has 1 aliphatic rings. The van der Waals surface area contributed by atoms with Gasteiger partial charge in [0.1, 0.15) is 11.6 Å². The van der Waals surface area contributed by atoms with Crippen LogP contribution in [0.3, 0.4) is 0 Å². The lowest BCUT2D eigenvalue weighted by Gasteiger charge is -2.36. The number of piperazine rings is 1. The third-order valence-electron chi connectivity index (χ3n) is 5.20. The van der Waals surface area contributed by atoms with E-state index in [4.69, 9.17) is 4.74 Å². The number of hydrogen-bond acceptors (Lipinski definition) is 6. The van der Waals surface area contributed by atoms with Crippen molar-refractivity contribution < 1.29 is 9.53 Å². The smallest absolute Gasteiger partial charge is 0.233 e. The Morgan fingerprint density at radius 1 is 1.00 bits per heavy atom. The number of aromatic nitrogens is 3. The average Bonchev–Trinajstić information content (AvgIpc) is 3.18. The second-order valence-corrected chi connectivity index (χ2v) is 7.97. The van der Waals surface area contributed by atoms with Crippen LogP contribution in [0.4, 0.5) is 5.69 Å². The highest BCUT2D eigenvalue weighted by molar-refractivity contribution is 7.99. The average molecular weight is 424 g/mol. The lowest BCUT2D eigenvalue weighted by atomic mass is 10.2. The molecule has 1 fully saturated rings. The number of benzene rings is 2. The van der Waals surface area contributed by atoms with E-state index < -0.39 is 0 Å². The van der Waals surface area contributed by atoms with Gasteiger partial charge >= 0.3 is 0 Å². The minimum Gasteiger partial charge on any atom is -0.495 e. The maximum atomic E-state index is 12.8. The van der Waals surface area contributed by atoms with Crippen LogP contribution in [0, 0.1) is 6.92 Å². The Labute approximate surface area is 180 Å². The summed E-state index contributed by atoms with van der Waals surface area (Å²) in [7, 11) is 1.64. The number of methoxy groups -OCH3 is 1. The SMILES string of the molecule is COc1ccccc1-n1c(C)nnc1SCC(=O)N1CCN(c2ccccc2)CC1. The van der Waals surface area contributed by atoms with Crippen molar-refractivity contribution >= 4 is 23.4 Å². The number of nitrogens with zero attached hydrogens (tertiary/aromatic N) is 5. The number of aryl methyl sites for hydroxylation is 1. The minimum absolute atomic E-state index is 0.125. The van der Waals surface area contributed by atoms with Gasteiger partial charge in [0.05, 0.1) is 18.6 Å². The van der Waals surface area contributed by atoms with Gasteiger partial charge in [-0.25, -0.2) is 0 Å². The Kier molecular flexibility index (Phi) is 6.23. The number of hydrogen-bond donors (Lipinski definition) is 0. The second kappa shape index (κ2) is 9.21. The Morgan fingerprint density at radius 2 is 1.70 bits per heavy atom. The fraction of sp³-hybridized carbons (Fsp3) is 0.318. The van der Waals surface area contributed by atoms with Gasteiger partial charge in [-0.1, -0.05) is 42.1 Å². The molecule has 1 aliphatic heterocycles. The maximum absolute atomic E-state index is 12.8. The summed E-state index contributed by atoms with van der Waals surface area (Å²) in [5, 5.41) is 9.17. The van der Waals surface area contributed by atoms with Crippen molar-refractivity contribution in [1.29, 1.82) is 0 Å². The van der Waals surface area contributed by atoms with Crippen LogP contribution in [0.2, 0.25) is 0 Å². The van der Waals surface area contributed by atoms with Gasteiger partial charge in [0, 0.05) is 31.9 Å². The Balaban J connectivity index is 1.38. The van der Waals surface area contributed by atoms with Gasteiger partial charge in [-0.3, -0.25) is 9.36 Å². The fourth-order valence-electron chi connectivity index (χ4n) is 3.60. The standard InChI is InChI=1S/C22H25N5O2S/c1-17-23-24-22(27(17)19-10-6-7-11-20(19)29-2)30-16-21(28)26-14-12-25(13-15-26)18-8-4-3-5-9-18/h3-11H,12-16H2,1-2H3. The van der Waals surface area contributed by atoms with Gasteiger partial charge < -0.3 is 14.5 Å². The summed E-state index contributed by atoms with van der Waals surface area (Å²) >= 11 is 1.41. The van der Waals surface area contributed by atoms with E-state index in [-0.39, 0.29) is 5.91 Å². The molecule has 1 saturated heterocycles. The van der Waals surface area contributed by atoms with E-state index in [1.807, 2.05) is 58.9 Å². The largest absolute Gasteiger partial charge is 0.495 e. The molecule has 4 rings (SSSR count). The topological polar surface area (TPSA) is 63.5 Å². The predicted molar refractivity (Wildman–Crippen MR) is 119 cm³/mol. The molecule has 0 atom stereocenters. The highest BCUT2D eigenvalue weighted by atomic mass is 32.2. The summed E-state index contributed by atoms with van der Waals surface area (Å²) in [4.78, 5) is 17.0. The van der Waals surface area contributed by atoms with Crippen molar-refractivity contribution in [2.45, 2.75) is 12.1 Å². The number of carbonyl (C=O) groups excluding carboxylic acids is 1. The first-order valence-electron chi connectivity index (χ1n) is 9.93. The van der Waals surface area contributed by atoms with Crippen molar-refractivity contribution in [2.75, 3.05) is 43.9 Å². The minimum atomic E-state index is 0.125. The van der Waals surface area contributed by atoms with E-state index >= 15 is 0 Å². The molecule has 7 nitrogen and oxygen atoms in total.